The van der Waals surface area contributed by atoms with Crippen LogP contribution in [0, 0.1) is 0 Å². The Morgan fingerprint density at radius 1 is 1.07 bits per heavy atom. The third-order valence-electron chi connectivity index (χ3n) is 4.67. The first kappa shape index (κ1) is 20.5. The maximum atomic E-state index is 5.39. The number of ether oxygens (including phenoxy) is 1. The van der Waals surface area contributed by atoms with Crippen LogP contribution >= 0.6 is 0 Å². The lowest BCUT2D eigenvalue weighted by atomic mass is 10.1. The van der Waals surface area contributed by atoms with Gasteiger partial charge in [0, 0.05) is 51.4 Å². The summed E-state index contributed by atoms with van der Waals surface area (Å²) in [6.07, 6.45) is 6.08. The molecule has 3 aromatic rings. The molecule has 0 spiro atoms. The van der Waals surface area contributed by atoms with Crippen molar-refractivity contribution in [2.24, 2.45) is 12.0 Å². The zero-order valence-corrected chi connectivity index (χ0v) is 17.1. The van der Waals surface area contributed by atoms with E-state index in [9.17, 15) is 0 Å². The number of rotatable bonds is 10. The number of nitrogens with zero attached hydrogens (tertiary/aromatic N) is 3. The van der Waals surface area contributed by atoms with Crippen LogP contribution in [0.1, 0.15) is 17.0 Å². The number of methoxy groups -OCH3 is 1. The highest BCUT2D eigenvalue weighted by atomic mass is 16.5. The topological polar surface area (TPSA) is 76.6 Å². The van der Waals surface area contributed by atoms with Crippen molar-refractivity contribution < 1.29 is 9.15 Å². The Labute approximate surface area is 171 Å². The molecule has 0 amide bonds. The summed E-state index contributed by atoms with van der Waals surface area (Å²) >= 11 is 0. The molecule has 2 N–H and O–H groups in total. The largest absolute Gasteiger partial charge is 0.497 e. The van der Waals surface area contributed by atoms with Crippen molar-refractivity contribution in [2.45, 2.75) is 19.3 Å². The third kappa shape index (κ3) is 6.71. The summed E-state index contributed by atoms with van der Waals surface area (Å²) in [6, 6.07) is 14.1. The minimum atomic E-state index is 0.664. The van der Waals surface area contributed by atoms with Crippen LogP contribution in [0.4, 0.5) is 0 Å². The summed E-state index contributed by atoms with van der Waals surface area (Å²) < 4.78 is 12.5. The highest BCUT2D eigenvalue weighted by Crippen LogP contribution is 2.11. The lowest BCUT2D eigenvalue weighted by Crippen LogP contribution is -2.39. The smallest absolute Gasteiger partial charge is 0.191 e. The van der Waals surface area contributed by atoms with Crippen LogP contribution < -0.4 is 15.4 Å². The number of hydrogen-bond acceptors (Lipinski definition) is 4. The Bertz CT molecular complexity index is 869. The molecule has 1 aromatic carbocycles. The molecule has 0 fully saturated rings. The van der Waals surface area contributed by atoms with E-state index in [2.05, 4.69) is 27.9 Å². The number of guanidine groups is 1. The third-order valence-corrected chi connectivity index (χ3v) is 4.67. The number of aromatic nitrogens is 2. The van der Waals surface area contributed by atoms with Crippen molar-refractivity contribution in [3.05, 3.63) is 71.9 Å². The van der Waals surface area contributed by atoms with Crippen LogP contribution in [0.15, 0.2) is 64.3 Å². The van der Waals surface area contributed by atoms with Crippen LogP contribution in [0.2, 0.25) is 0 Å². The maximum Gasteiger partial charge on any atom is 0.191 e. The van der Waals surface area contributed by atoms with Gasteiger partial charge in [0.15, 0.2) is 5.96 Å². The number of aliphatic imine (C=N–C) groups is 1. The minimum Gasteiger partial charge on any atom is -0.497 e. The van der Waals surface area contributed by atoms with E-state index >= 15 is 0 Å². The molecule has 7 heteroatoms. The normalized spacial score (nSPS) is 11.4. The molecule has 29 heavy (non-hydrogen) atoms. The molecular weight excluding hydrogens is 366 g/mol. The van der Waals surface area contributed by atoms with Crippen LogP contribution in [0.5, 0.6) is 5.75 Å². The minimum absolute atomic E-state index is 0.664. The van der Waals surface area contributed by atoms with Gasteiger partial charge in [-0.25, -0.2) is 0 Å². The van der Waals surface area contributed by atoms with Crippen LogP contribution in [0.25, 0.3) is 0 Å². The zero-order chi connectivity index (χ0) is 20.3. The molecule has 0 aliphatic heterocycles. The second kappa shape index (κ2) is 10.9. The van der Waals surface area contributed by atoms with Gasteiger partial charge in [-0.2, -0.15) is 5.10 Å². The molecule has 0 bridgehead atoms. The van der Waals surface area contributed by atoms with Gasteiger partial charge in [-0.15, -0.1) is 0 Å². The number of hydrogen-bond donors (Lipinski definition) is 2. The van der Waals surface area contributed by atoms with Gasteiger partial charge < -0.3 is 19.8 Å². The Morgan fingerprint density at radius 2 is 1.86 bits per heavy atom. The first-order valence-corrected chi connectivity index (χ1v) is 9.89. The molecule has 3 rings (SSSR count). The van der Waals surface area contributed by atoms with Gasteiger partial charge >= 0.3 is 0 Å². The second-order valence-electron chi connectivity index (χ2n) is 6.71. The number of aryl methyl sites for hydroxylation is 1. The number of nitrogens with one attached hydrogen (secondary N) is 2. The molecule has 2 aromatic heterocycles. The van der Waals surface area contributed by atoms with Gasteiger partial charge in [-0.1, -0.05) is 12.1 Å². The van der Waals surface area contributed by atoms with Gasteiger partial charge in [0.1, 0.15) is 11.5 Å². The van der Waals surface area contributed by atoms with Gasteiger partial charge in [0.25, 0.3) is 0 Å². The van der Waals surface area contributed by atoms with Crippen molar-refractivity contribution in [3.8, 4) is 5.75 Å². The van der Waals surface area contributed by atoms with Crippen LogP contribution in [-0.4, -0.2) is 42.5 Å². The fourth-order valence-electron chi connectivity index (χ4n) is 2.98. The summed E-state index contributed by atoms with van der Waals surface area (Å²) in [6.45, 7) is 2.25. The van der Waals surface area contributed by atoms with Gasteiger partial charge in [-0.05, 0) is 42.3 Å². The number of benzene rings is 1. The lowest BCUT2D eigenvalue weighted by Gasteiger charge is -2.13. The first-order chi connectivity index (χ1) is 14.2. The van der Waals surface area contributed by atoms with Crippen molar-refractivity contribution in [3.63, 3.8) is 0 Å². The van der Waals surface area contributed by atoms with Crippen molar-refractivity contribution in [1.29, 1.82) is 0 Å². The lowest BCUT2D eigenvalue weighted by molar-refractivity contribution is 0.414. The van der Waals surface area contributed by atoms with Crippen molar-refractivity contribution in [2.75, 3.05) is 26.7 Å². The van der Waals surface area contributed by atoms with E-state index in [1.54, 1.807) is 13.4 Å². The molecule has 0 aliphatic rings. The highest BCUT2D eigenvalue weighted by Gasteiger charge is 2.03. The fraction of sp³-hybridized carbons (Fsp3) is 0.364. The maximum absolute atomic E-state index is 5.39. The molecule has 0 saturated carbocycles. The van der Waals surface area contributed by atoms with Crippen molar-refractivity contribution in [1.82, 2.24) is 20.4 Å². The Kier molecular flexibility index (Phi) is 7.74. The number of furan rings is 1. The first-order valence-electron chi connectivity index (χ1n) is 9.89. The zero-order valence-electron chi connectivity index (χ0n) is 17.1. The molecule has 2 heterocycles. The monoisotopic (exact) mass is 395 g/mol. The fourth-order valence-corrected chi connectivity index (χ4v) is 2.98. The quantitative estimate of drug-likeness (QED) is 0.408. The molecule has 0 unspecified atom stereocenters. The summed E-state index contributed by atoms with van der Waals surface area (Å²) in [5.41, 5.74) is 2.44. The summed E-state index contributed by atoms with van der Waals surface area (Å²) in [7, 11) is 3.64. The Balaban J connectivity index is 1.50. The summed E-state index contributed by atoms with van der Waals surface area (Å²) in [5.74, 6) is 2.63. The highest BCUT2D eigenvalue weighted by molar-refractivity contribution is 5.79. The van der Waals surface area contributed by atoms with Crippen molar-refractivity contribution >= 4 is 5.96 Å². The Morgan fingerprint density at radius 3 is 2.52 bits per heavy atom. The van der Waals surface area contributed by atoms with Gasteiger partial charge in [0.05, 0.1) is 13.4 Å². The predicted octanol–water partition coefficient (Wildman–Crippen LogP) is 2.58. The van der Waals surface area contributed by atoms with Gasteiger partial charge in [-0.3, -0.25) is 9.67 Å². The van der Waals surface area contributed by atoms with E-state index in [1.807, 2.05) is 48.3 Å². The second-order valence-corrected chi connectivity index (χ2v) is 6.71. The molecule has 0 atom stereocenters. The molecule has 0 saturated heterocycles. The molecule has 154 valence electrons. The van der Waals surface area contributed by atoms with Crippen LogP contribution in [-0.2, 0) is 26.3 Å². The standard InChI is InChI=1S/C22H29N5O2/c1-27-19(11-16-26-27)10-14-24-22(25-15-12-21-4-3-17-29-21)23-13-9-18-5-7-20(28-2)8-6-18/h3-8,11,16-17H,9-10,12-15H2,1-2H3,(H2,23,24,25). The van der Waals surface area contributed by atoms with Gasteiger partial charge in [0.2, 0.25) is 0 Å². The molecular formula is C22H29N5O2. The average molecular weight is 396 g/mol. The van der Waals surface area contributed by atoms with E-state index < -0.39 is 0 Å². The molecule has 7 nitrogen and oxygen atoms in total. The van der Waals surface area contributed by atoms with E-state index in [1.165, 1.54) is 11.3 Å². The SMILES string of the molecule is COc1ccc(CCNC(=NCCc2ccco2)NCCc2ccnn2C)cc1. The predicted molar refractivity (Wildman–Crippen MR) is 114 cm³/mol. The summed E-state index contributed by atoms with van der Waals surface area (Å²) in [5, 5.41) is 11.1. The molecule has 0 aliphatic carbocycles. The van der Waals surface area contributed by atoms with E-state index in [0.717, 1.165) is 49.8 Å². The van der Waals surface area contributed by atoms with E-state index in [-0.39, 0.29) is 0 Å². The summed E-state index contributed by atoms with van der Waals surface area (Å²) in [4.78, 5) is 4.69. The molecule has 0 radical (unpaired) electrons. The van der Waals surface area contributed by atoms with E-state index in [0.29, 0.717) is 6.54 Å². The Hall–Kier alpha value is -3.22. The van der Waals surface area contributed by atoms with E-state index in [4.69, 9.17) is 14.1 Å². The van der Waals surface area contributed by atoms with Crippen LogP contribution in [0.3, 0.4) is 0 Å². The average Bonchev–Trinajstić information content (AvgIpc) is 3.40.